The molecule has 1 heterocycles. The van der Waals surface area contributed by atoms with Gasteiger partial charge in [0.05, 0.1) is 0 Å². The molecule has 3 rings (SSSR count). The van der Waals surface area contributed by atoms with Crippen LogP contribution in [0.25, 0.3) is 0 Å². The molecule has 0 aromatic carbocycles. The lowest BCUT2D eigenvalue weighted by atomic mass is 9.92. The van der Waals surface area contributed by atoms with Gasteiger partial charge in [-0.15, -0.1) is 0 Å². The second-order valence-corrected chi connectivity index (χ2v) is 7.19. The van der Waals surface area contributed by atoms with Crippen LogP contribution < -0.4 is 5.32 Å². The maximum atomic E-state index is 3.78. The Labute approximate surface area is 113 Å². The lowest BCUT2D eigenvalue weighted by Gasteiger charge is -2.42. The normalized spacial score (nSPS) is 35.2. The zero-order valence-corrected chi connectivity index (χ0v) is 12.1. The molecule has 0 aromatic heterocycles. The van der Waals surface area contributed by atoms with E-state index in [1.807, 2.05) is 0 Å². The van der Waals surface area contributed by atoms with E-state index in [4.69, 9.17) is 0 Å². The van der Waals surface area contributed by atoms with Crippen LogP contribution >= 0.6 is 0 Å². The molecule has 104 valence electrons. The lowest BCUT2D eigenvalue weighted by molar-refractivity contribution is 0.124. The van der Waals surface area contributed by atoms with Crippen LogP contribution in [0.1, 0.15) is 58.3 Å². The second-order valence-electron chi connectivity index (χ2n) is 7.19. The third kappa shape index (κ3) is 3.08. The van der Waals surface area contributed by atoms with Crippen LogP contribution in [0.4, 0.5) is 0 Å². The van der Waals surface area contributed by atoms with Crippen molar-refractivity contribution in [2.24, 2.45) is 11.8 Å². The van der Waals surface area contributed by atoms with Gasteiger partial charge in [-0.2, -0.15) is 0 Å². The fraction of sp³-hybridized carbons (Fsp3) is 1.00. The fourth-order valence-electron chi connectivity index (χ4n) is 4.19. The zero-order valence-electron chi connectivity index (χ0n) is 12.1. The van der Waals surface area contributed by atoms with E-state index in [1.54, 1.807) is 0 Å². The Balaban J connectivity index is 1.39. The molecule has 1 aliphatic heterocycles. The second kappa shape index (κ2) is 5.50. The summed E-state index contributed by atoms with van der Waals surface area (Å²) in [5.74, 6) is 2.04. The van der Waals surface area contributed by atoms with Crippen molar-refractivity contribution in [2.75, 3.05) is 26.2 Å². The molecule has 18 heavy (non-hydrogen) atoms. The summed E-state index contributed by atoms with van der Waals surface area (Å²) in [7, 11) is 0. The highest BCUT2D eigenvalue weighted by Gasteiger charge is 2.43. The van der Waals surface area contributed by atoms with Gasteiger partial charge in [-0.3, -0.25) is 0 Å². The maximum Gasteiger partial charge on any atom is 0.0309 e. The Morgan fingerprint density at radius 3 is 2.67 bits per heavy atom. The molecule has 1 saturated heterocycles. The van der Waals surface area contributed by atoms with Gasteiger partial charge in [0.1, 0.15) is 0 Å². The minimum Gasteiger partial charge on any atom is -0.309 e. The number of nitrogens with zero attached hydrogens (tertiary/aromatic N) is 1. The summed E-state index contributed by atoms with van der Waals surface area (Å²) < 4.78 is 0. The van der Waals surface area contributed by atoms with Crippen LogP contribution in [0.3, 0.4) is 0 Å². The minimum atomic E-state index is 0.436. The molecule has 0 radical (unpaired) electrons. The summed E-state index contributed by atoms with van der Waals surface area (Å²) in [6.07, 6.45) is 11.9. The van der Waals surface area contributed by atoms with E-state index in [1.165, 1.54) is 77.5 Å². The lowest BCUT2D eigenvalue weighted by Crippen LogP contribution is -2.60. The molecule has 2 saturated carbocycles. The van der Waals surface area contributed by atoms with E-state index in [0.29, 0.717) is 5.54 Å². The van der Waals surface area contributed by atoms with Gasteiger partial charge >= 0.3 is 0 Å². The standard InChI is InChI=1S/C16H30N2/c1-16(15-8-9-15)13-18(12-10-17-16)11-4-7-14-5-2-3-6-14/h14-15,17H,2-13H2,1H3. The van der Waals surface area contributed by atoms with E-state index in [2.05, 4.69) is 17.1 Å². The van der Waals surface area contributed by atoms with Crippen LogP contribution in [-0.2, 0) is 0 Å². The molecule has 0 bridgehead atoms. The summed E-state index contributed by atoms with van der Waals surface area (Å²) in [5, 5.41) is 3.78. The molecular formula is C16H30N2. The fourth-order valence-corrected chi connectivity index (χ4v) is 4.19. The van der Waals surface area contributed by atoms with Gasteiger partial charge in [-0.1, -0.05) is 25.7 Å². The molecule has 2 aliphatic carbocycles. The Hall–Kier alpha value is -0.0800. The summed E-state index contributed by atoms with van der Waals surface area (Å²) in [6.45, 7) is 7.57. The quantitative estimate of drug-likeness (QED) is 0.807. The molecule has 0 amide bonds. The SMILES string of the molecule is CC1(C2CC2)CN(CCCC2CCCC2)CCN1. The third-order valence-corrected chi connectivity index (χ3v) is 5.55. The molecule has 3 aliphatic rings. The molecule has 2 nitrogen and oxygen atoms in total. The Morgan fingerprint density at radius 2 is 1.94 bits per heavy atom. The van der Waals surface area contributed by atoms with Crippen molar-refractivity contribution in [1.82, 2.24) is 10.2 Å². The first-order valence-electron chi connectivity index (χ1n) is 8.24. The van der Waals surface area contributed by atoms with E-state index < -0.39 is 0 Å². The van der Waals surface area contributed by atoms with Crippen molar-refractivity contribution in [3.63, 3.8) is 0 Å². The van der Waals surface area contributed by atoms with Gasteiger partial charge in [0.2, 0.25) is 0 Å². The average molecular weight is 250 g/mol. The summed E-state index contributed by atoms with van der Waals surface area (Å²) in [5.41, 5.74) is 0.436. The van der Waals surface area contributed by atoms with Crippen molar-refractivity contribution in [2.45, 2.75) is 63.8 Å². The number of rotatable bonds is 5. The van der Waals surface area contributed by atoms with Crippen LogP contribution in [0, 0.1) is 11.8 Å². The molecule has 1 unspecified atom stereocenters. The highest BCUT2D eigenvalue weighted by molar-refractivity contribution is 5.01. The largest absolute Gasteiger partial charge is 0.309 e. The highest BCUT2D eigenvalue weighted by Crippen LogP contribution is 2.40. The van der Waals surface area contributed by atoms with E-state index >= 15 is 0 Å². The Bertz CT molecular complexity index is 268. The first-order valence-corrected chi connectivity index (χ1v) is 8.24. The monoisotopic (exact) mass is 250 g/mol. The number of nitrogens with one attached hydrogen (secondary N) is 1. The van der Waals surface area contributed by atoms with Gasteiger partial charge in [-0.05, 0) is 51.0 Å². The number of piperazine rings is 1. The van der Waals surface area contributed by atoms with E-state index in [0.717, 1.165) is 11.8 Å². The molecule has 0 aromatic rings. The first-order chi connectivity index (χ1) is 8.76. The molecule has 1 atom stereocenters. The molecule has 3 fully saturated rings. The van der Waals surface area contributed by atoms with Gasteiger partial charge in [0, 0.05) is 25.2 Å². The molecular weight excluding hydrogens is 220 g/mol. The van der Waals surface area contributed by atoms with Gasteiger partial charge in [0.25, 0.3) is 0 Å². The smallest absolute Gasteiger partial charge is 0.0309 e. The minimum absolute atomic E-state index is 0.436. The van der Waals surface area contributed by atoms with E-state index in [9.17, 15) is 0 Å². The average Bonchev–Trinajstić information content (AvgIpc) is 3.10. The Morgan fingerprint density at radius 1 is 1.17 bits per heavy atom. The number of hydrogen-bond donors (Lipinski definition) is 1. The van der Waals surface area contributed by atoms with Crippen LogP contribution in [-0.4, -0.2) is 36.6 Å². The predicted molar refractivity (Wildman–Crippen MR) is 76.8 cm³/mol. The third-order valence-electron chi connectivity index (χ3n) is 5.55. The van der Waals surface area contributed by atoms with Gasteiger partial charge in [0.15, 0.2) is 0 Å². The van der Waals surface area contributed by atoms with Crippen LogP contribution in [0.5, 0.6) is 0 Å². The predicted octanol–water partition coefficient (Wildman–Crippen LogP) is 3.03. The summed E-state index contributed by atoms with van der Waals surface area (Å²) in [6, 6.07) is 0. The van der Waals surface area contributed by atoms with Gasteiger partial charge in [-0.25, -0.2) is 0 Å². The highest BCUT2D eigenvalue weighted by atomic mass is 15.2. The maximum absolute atomic E-state index is 3.78. The Kier molecular flexibility index (Phi) is 3.95. The van der Waals surface area contributed by atoms with E-state index in [-0.39, 0.29) is 0 Å². The van der Waals surface area contributed by atoms with Gasteiger partial charge < -0.3 is 10.2 Å². The van der Waals surface area contributed by atoms with Crippen molar-refractivity contribution >= 4 is 0 Å². The molecule has 0 spiro atoms. The zero-order chi connectivity index (χ0) is 12.4. The van der Waals surface area contributed by atoms with Crippen molar-refractivity contribution in [3.05, 3.63) is 0 Å². The van der Waals surface area contributed by atoms with Crippen molar-refractivity contribution < 1.29 is 0 Å². The first kappa shape index (κ1) is 12.9. The van der Waals surface area contributed by atoms with Crippen molar-refractivity contribution in [1.29, 1.82) is 0 Å². The summed E-state index contributed by atoms with van der Waals surface area (Å²) >= 11 is 0. The molecule has 1 N–H and O–H groups in total. The molecule has 2 heteroatoms. The van der Waals surface area contributed by atoms with Crippen LogP contribution in [0.15, 0.2) is 0 Å². The topological polar surface area (TPSA) is 15.3 Å². The number of hydrogen-bond acceptors (Lipinski definition) is 2. The van der Waals surface area contributed by atoms with Crippen molar-refractivity contribution in [3.8, 4) is 0 Å². The van der Waals surface area contributed by atoms with Crippen LogP contribution in [0.2, 0.25) is 0 Å². The summed E-state index contributed by atoms with van der Waals surface area (Å²) in [4.78, 5) is 2.73.